The standard InChI is InChI=1S/C17H20ClN3O4/c1-17(2,3)21(16(23)24)9-8-19-15(22)13-14(25-10-20-13)11-4-6-12(18)7-5-11/h4-7,10H,8-9H2,1-3H3,(H,19,22)(H,23,24). The van der Waals surface area contributed by atoms with E-state index in [4.69, 9.17) is 16.0 Å². The molecule has 0 atom stereocenters. The van der Waals surface area contributed by atoms with Crippen LogP contribution in [0.2, 0.25) is 5.02 Å². The maximum atomic E-state index is 12.3. The second-order valence-electron chi connectivity index (χ2n) is 6.40. The highest BCUT2D eigenvalue weighted by atomic mass is 35.5. The van der Waals surface area contributed by atoms with Gasteiger partial charge in [-0.15, -0.1) is 0 Å². The summed E-state index contributed by atoms with van der Waals surface area (Å²) in [4.78, 5) is 28.8. The van der Waals surface area contributed by atoms with E-state index in [0.29, 0.717) is 16.3 Å². The fourth-order valence-corrected chi connectivity index (χ4v) is 2.42. The van der Waals surface area contributed by atoms with Crippen molar-refractivity contribution in [2.45, 2.75) is 26.3 Å². The van der Waals surface area contributed by atoms with Crippen molar-refractivity contribution in [1.29, 1.82) is 0 Å². The summed E-state index contributed by atoms with van der Waals surface area (Å²) in [7, 11) is 0. The zero-order valence-electron chi connectivity index (χ0n) is 14.2. The van der Waals surface area contributed by atoms with Gasteiger partial charge in [-0.1, -0.05) is 11.6 Å². The Kier molecular flexibility index (Phi) is 5.69. The Hall–Kier alpha value is -2.54. The molecule has 0 fully saturated rings. The largest absolute Gasteiger partial charge is 0.465 e. The first-order valence-electron chi connectivity index (χ1n) is 7.68. The minimum atomic E-state index is -1.04. The van der Waals surface area contributed by atoms with E-state index in [1.807, 2.05) is 0 Å². The SMILES string of the molecule is CC(C)(C)N(CCNC(=O)c1ncoc1-c1ccc(Cl)cc1)C(=O)O. The molecule has 2 aromatic rings. The number of aromatic nitrogens is 1. The van der Waals surface area contributed by atoms with Gasteiger partial charge in [0.1, 0.15) is 0 Å². The molecule has 0 spiro atoms. The van der Waals surface area contributed by atoms with Crippen LogP contribution in [0.4, 0.5) is 4.79 Å². The van der Waals surface area contributed by atoms with Crippen LogP contribution in [0.25, 0.3) is 11.3 Å². The van der Waals surface area contributed by atoms with E-state index in [-0.39, 0.29) is 18.8 Å². The van der Waals surface area contributed by atoms with Gasteiger partial charge in [-0.05, 0) is 45.0 Å². The van der Waals surface area contributed by atoms with Crippen LogP contribution in [0.3, 0.4) is 0 Å². The smallest absolute Gasteiger partial charge is 0.407 e. The van der Waals surface area contributed by atoms with E-state index in [0.717, 1.165) is 0 Å². The van der Waals surface area contributed by atoms with Gasteiger partial charge in [0.25, 0.3) is 5.91 Å². The highest BCUT2D eigenvalue weighted by molar-refractivity contribution is 6.30. The van der Waals surface area contributed by atoms with Crippen molar-refractivity contribution >= 4 is 23.6 Å². The molecular formula is C17H20ClN3O4. The minimum absolute atomic E-state index is 0.139. The van der Waals surface area contributed by atoms with Crippen molar-refractivity contribution in [1.82, 2.24) is 15.2 Å². The van der Waals surface area contributed by atoms with Crippen molar-refractivity contribution in [2.75, 3.05) is 13.1 Å². The number of oxazole rings is 1. The van der Waals surface area contributed by atoms with Crippen molar-refractivity contribution < 1.29 is 19.1 Å². The van der Waals surface area contributed by atoms with E-state index in [2.05, 4.69) is 10.3 Å². The van der Waals surface area contributed by atoms with Crippen LogP contribution < -0.4 is 5.32 Å². The van der Waals surface area contributed by atoms with Crippen LogP contribution in [0.15, 0.2) is 35.1 Å². The first-order chi connectivity index (χ1) is 11.7. The van der Waals surface area contributed by atoms with E-state index < -0.39 is 17.5 Å². The Morgan fingerprint density at radius 2 is 1.92 bits per heavy atom. The molecule has 0 radical (unpaired) electrons. The molecule has 0 saturated heterocycles. The van der Waals surface area contributed by atoms with Crippen molar-refractivity contribution in [3.8, 4) is 11.3 Å². The van der Waals surface area contributed by atoms with Crippen molar-refractivity contribution in [3.05, 3.63) is 41.4 Å². The second-order valence-corrected chi connectivity index (χ2v) is 6.83. The topological polar surface area (TPSA) is 95.7 Å². The second kappa shape index (κ2) is 7.57. The first kappa shape index (κ1) is 18.8. The Morgan fingerprint density at radius 1 is 1.28 bits per heavy atom. The number of amides is 2. The molecular weight excluding hydrogens is 346 g/mol. The predicted molar refractivity (Wildman–Crippen MR) is 93.8 cm³/mol. The summed E-state index contributed by atoms with van der Waals surface area (Å²) < 4.78 is 5.31. The number of benzene rings is 1. The van der Waals surface area contributed by atoms with Crippen LogP contribution >= 0.6 is 11.6 Å². The normalized spacial score (nSPS) is 11.2. The van der Waals surface area contributed by atoms with Crippen LogP contribution in [-0.4, -0.2) is 45.6 Å². The molecule has 0 aliphatic carbocycles. The maximum Gasteiger partial charge on any atom is 0.407 e. The summed E-state index contributed by atoms with van der Waals surface area (Å²) in [6.45, 7) is 5.70. The lowest BCUT2D eigenvalue weighted by Gasteiger charge is -2.33. The number of carboxylic acid groups (broad SMARTS) is 1. The summed E-state index contributed by atoms with van der Waals surface area (Å²) in [5.41, 5.74) is 0.257. The monoisotopic (exact) mass is 365 g/mol. The van der Waals surface area contributed by atoms with Crippen molar-refractivity contribution in [3.63, 3.8) is 0 Å². The third-order valence-electron chi connectivity index (χ3n) is 3.55. The van der Waals surface area contributed by atoms with Crippen molar-refractivity contribution in [2.24, 2.45) is 0 Å². The molecule has 2 amide bonds. The molecule has 1 aromatic carbocycles. The summed E-state index contributed by atoms with van der Waals surface area (Å²) in [5, 5.41) is 12.5. The number of carbonyl (C=O) groups excluding carboxylic acids is 1. The highest BCUT2D eigenvalue weighted by Gasteiger charge is 2.26. The molecule has 0 aliphatic rings. The van der Waals surface area contributed by atoms with Crippen LogP contribution in [-0.2, 0) is 0 Å². The van der Waals surface area contributed by atoms with Crippen LogP contribution in [0.5, 0.6) is 0 Å². The Labute approximate surface area is 150 Å². The Balaban J connectivity index is 2.04. The molecule has 0 bridgehead atoms. The van der Waals surface area contributed by atoms with Gasteiger partial charge >= 0.3 is 6.09 Å². The zero-order valence-corrected chi connectivity index (χ0v) is 15.0. The lowest BCUT2D eigenvalue weighted by atomic mass is 10.1. The zero-order chi connectivity index (χ0) is 18.6. The van der Waals surface area contributed by atoms with Crippen LogP contribution in [0.1, 0.15) is 31.3 Å². The number of nitrogens with zero attached hydrogens (tertiary/aromatic N) is 2. The summed E-state index contributed by atoms with van der Waals surface area (Å²) >= 11 is 5.86. The molecule has 0 aliphatic heterocycles. The molecule has 134 valence electrons. The van der Waals surface area contributed by atoms with E-state index in [1.165, 1.54) is 11.3 Å². The lowest BCUT2D eigenvalue weighted by Crippen LogP contribution is -2.48. The number of rotatable bonds is 5. The minimum Gasteiger partial charge on any atom is -0.465 e. The number of nitrogens with one attached hydrogen (secondary N) is 1. The third-order valence-corrected chi connectivity index (χ3v) is 3.80. The number of hydrogen-bond acceptors (Lipinski definition) is 4. The van der Waals surface area contributed by atoms with Gasteiger partial charge in [0.15, 0.2) is 17.8 Å². The van der Waals surface area contributed by atoms with Gasteiger partial charge in [0.2, 0.25) is 0 Å². The Bertz CT molecular complexity index is 750. The average Bonchev–Trinajstić information content (AvgIpc) is 3.00. The quantitative estimate of drug-likeness (QED) is 0.845. The average molecular weight is 366 g/mol. The van der Waals surface area contributed by atoms with E-state index in [1.54, 1.807) is 45.0 Å². The first-order valence-corrected chi connectivity index (χ1v) is 8.06. The van der Waals surface area contributed by atoms with E-state index in [9.17, 15) is 14.7 Å². The summed E-state index contributed by atoms with van der Waals surface area (Å²) in [6, 6.07) is 6.83. The maximum absolute atomic E-state index is 12.3. The number of halogens is 1. The van der Waals surface area contributed by atoms with Gasteiger partial charge in [-0.25, -0.2) is 9.78 Å². The van der Waals surface area contributed by atoms with Gasteiger partial charge in [-0.3, -0.25) is 4.79 Å². The fourth-order valence-electron chi connectivity index (χ4n) is 2.30. The van der Waals surface area contributed by atoms with E-state index >= 15 is 0 Å². The number of carbonyl (C=O) groups is 2. The molecule has 1 heterocycles. The van der Waals surface area contributed by atoms with Gasteiger partial charge in [0, 0.05) is 29.2 Å². The van der Waals surface area contributed by atoms with Crippen LogP contribution in [0, 0.1) is 0 Å². The molecule has 0 unspecified atom stereocenters. The fraction of sp³-hybridized carbons (Fsp3) is 0.353. The molecule has 2 N–H and O–H groups in total. The molecule has 7 nitrogen and oxygen atoms in total. The Morgan fingerprint density at radius 3 is 2.48 bits per heavy atom. The summed E-state index contributed by atoms with van der Waals surface area (Å²) in [6.07, 6.45) is 0.155. The molecule has 25 heavy (non-hydrogen) atoms. The lowest BCUT2D eigenvalue weighted by molar-refractivity contribution is 0.0889. The van der Waals surface area contributed by atoms with Gasteiger partial charge in [-0.2, -0.15) is 0 Å². The van der Waals surface area contributed by atoms with Gasteiger partial charge in [0.05, 0.1) is 0 Å². The molecule has 2 rings (SSSR count). The molecule has 8 heteroatoms. The summed E-state index contributed by atoms with van der Waals surface area (Å²) in [5.74, 6) is -0.0990. The number of hydrogen-bond donors (Lipinski definition) is 2. The third kappa shape index (κ3) is 4.73. The van der Waals surface area contributed by atoms with Gasteiger partial charge < -0.3 is 19.7 Å². The highest BCUT2D eigenvalue weighted by Crippen LogP contribution is 2.24. The molecule has 0 saturated carbocycles. The predicted octanol–water partition coefficient (Wildman–Crippen LogP) is 3.50. The molecule has 1 aromatic heterocycles.